The summed E-state index contributed by atoms with van der Waals surface area (Å²) in [6, 6.07) is 16.2. The van der Waals surface area contributed by atoms with Crippen LogP contribution >= 0.6 is 7.37 Å². The number of halogens is 1. The molecule has 1 aromatic heterocycles. The van der Waals surface area contributed by atoms with Gasteiger partial charge in [0.15, 0.2) is 0 Å². The third kappa shape index (κ3) is 8.63. The number of benzene rings is 2. The topological polar surface area (TPSA) is 60.9 Å². The molecule has 2 aromatic carbocycles. The Balaban J connectivity index is 1.88. The predicted molar refractivity (Wildman–Crippen MR) is 161 cm³/mol. The quantitative estimate of drug-likeness (QED) is 0.182. The average Bonchev–Trinajstić information content (AvgIpc) is 2.90. The van der Waals surface area contributed by atoms with Crippen molar-refractivity contribution < 1.29 is 23.0 Å². The van der Waals surface area contributed by atoms with Crippen LogP contribution in [0.1, 0.15) is 64.2 Å². The first kappa shape index (κ1) is 31.8. The molecule has 3 aromatic rings. The zero-order chi connectivity index (χ0) is 29.4. The van der Waals surface area contributed by atoms with Crippen molar-refractivity contribution in [2.75, 3.05) is 26.5 Å². The molecule has 2 unspecified atom stereocenters. The zero-order valence-corrected chi connectivity index (χ0v) is 26.0. The fraction of sp³-hybridized carbons (Fsp3) is 0.469. The smallest absolute Gasteiger partial charge is 0.213 e. The van der Waals surface area contributed by atoms with Crippen LogP contribution in [-0.2, 0) is 22.2 Å². The summed E-state index contributed by atoms with van der Waals surface area (Å²) in [6.07, 6.45) is 1.69. The second-order valence-corrected chi connectivity index (χ2v) is 13.6. The number of methoxy groups -OCH3 is 1. The Morgan fingerprint density at radius 2 is 1.73 bits per heavy atom. The highest BCUT2D eigenvalue weighted by molar-refractivity contribution is 7.58. The van der Waals surface area contributed by atoms with Crippen molar-refractivity contribution in [3.05, 3.63) is 77.2 Å². The molecule has 0 saturated heterocycles. The molecule has 218 valence electrons. The summed E-state index contributed by atoms with van der Waals surface area (Å²) in [5.74, 6) is 0.795. The van der Waals surface area contributed by atoms with E-state index in [0.29, 0.717) is 49.4 Å². The largest absolute Gasteiger partial charge is 0.489 e. The van der Waals surface area contributed by atoms with Crippen LogP contribution in [0.4, 0.5) is 4.39 Å². The van der Waals surface area contributed by atoms with Gasteiger partial charge in [-0.3, -0.25) is 9.46 Å². The maximum Gasteiger partial charge on any atom is 0.213 e. The molecule has 1 heterocycles. The summed E-state index contributed by atoms with van der Waals surface area (Å²) >= 11 is 0. The van der Waals surface area contributed by atoms with Gasteiger partial charge in [0, 0.05) is 43.1 Å². The second kappa shape index (κ2) is 14.2. The van der Waals surface area contributed by atoms with Crippen LogP contribution in [0, 0.1) is 5.82 Å². The first-order valence-electron chi connectivity index (χ1n) is 13.9. The Labute approximate surface area is 239 Å². The summed E-state index contributed by atoms with van der Waals surface area (Å²) in [4.78, 5) is 6.38. The lowest BCUT2D eigenvalue weighted by molar-refractivity contribution is 0.166. The van der Waals surface area contributed by atoms with Crippen LogP contribution in [0.3, 0.4) is 0 Å². The molecule has 0 aliphatic carbocycles. The fourth-order valence-corrected chi connectivity index (χ4v) is 6.89. The molecule has 0 spiro atoms. The monoisotopic (exact) mass is 570 g/mol. The van der Waals surface area contributed by atoms with Gasteiger partial charge in [0.25, 0.3) is 0 Å². The van der Waals surface area contributed by atoms with Crippen molar-refractivity contribution in [1.29, 1.82) is 0 Å². The average molecular weight is 571 g/mol. The Morgan fingerprint density at radius 1 is 1.00 bits per heavy atom. The van der Waals surface area contributed by atoms with Crippen LogP contribution in [0.5, 0.6) is 11.6 Å². The predicted octanol–water partition coefficient (Wildman–Crippen LogP) is 8.14. The highest BCUT2D eigenvalue weighted by Crippen LogP contribution is 2.46. The zero-order valence-electron chi connectivity index (χ0n) is 25.1. The fourth-order valence-electron chi connectivity index (χ4n) is 5.03. The maximum atomic E-state index is 15.0. The van der Waals surface area contributed by atoms with Crippen LogP contribution < -0.4 is 9.47 Å². The van der Waals surface area contributed by atoms with Crippen LogP contribution in [0.25, 0.3) is 11.1 Å². The molecule has 0 bridgehead atoms. The molecule has 0 fully saturated rings. The van der Waals surface area contributed by atoms with Crippen molar-refractivity contribution in [2.45, 2.75) is 72.7 Å². The molecule has 0 aliphatic rings. The molecule has 0 saturated carbocycles. The van der Waals surface area contributed by atoms with Gasteiger partial charge >= 0.3 is 0 Å². The molecule has 2 atom stereocenters. The molecular formula is C32H44FN2O4P. The first-order chi connectivity index (χ1) is 18.9. The minimum absolute atomic E-state index is 0.0714. The number of hydrogen-bond donors (Lipinski definition) is 0. The maximum absolute atomic E-state index is 15.0. The van der Waals surface area contributed by atoms with Crippen molar-refractivity contribution in [3.63, 3.8) is 0 Å². The highest BCUT2D eigenvalue weighted by Gasteiger charge is 2.21. The Bertz CT molecular complexity index is 1310. The van der Waals surface area contributed by atoms with E-state index in [9.17, 15) is 8.96 Å². The number of aromatic nitrogens is 1. The highest BCUT2D eigenvalue weighted by atomic mass is 31.2. The van der Waals surface area contributed by atoms with E-state index in [4.69, 9.17) is 14.0 Å². The Kier molecular flexibility index (Phi) is 11.3. The summed E-state index contributed by atoms with van der Waals surface area (Å²) in [5, 5.41) is 0. The van der Waals surface area contributed by atoms with Gasteiger partial charge in [-0.25, -0.2) is 9.37 Å². The van der Waals surface area contributed by atoms with E-state index in [-0.39, 0.29) is 5.92 Å². The third-order valence-corrected chi connectivity index (χ3v) is 9.03. The van der Waals surface area contributed by atoms with Crippen molar-refractivity contribution in [3.8, 4) is 22.8 Å². The van der Waals surface area contributed by atoms with Crippen molar-refractivity contribution >= 4 is 7.37 Å². The first-order valence-corrected chi connectivity index (χ1v) is 16.2. The van der Waals surface area contributed by atoms with Gasteiger partial charge in [0.05, 0.1) is 19.9 Å². The number of rotatable bonds is 14. The molecule has 40 heavy (non-hydrogen) atoms. The molecule has 3 rings (SSSR count). The number of ether oxygens (including phenoxy) is 2. The Morgan fingerprint density at radius 3 is 2.38 bits per heavy atom. The molecule has 0 radical (unpaired) electrons. The van der Waals surface area contributed by atoms with E-state index in [1.165, 1.54) is 13.3 Å². The van der Waals surface area contributed by atoms with E-state index in [1.807, 2.05) is 43.3 Å². The summed E-state index contributed by atoms with van der Waals surface area (Å²) < 4.78 is 44.6. The third-order valence-electron chi connectivity index (χ3n) is 7.02. The summed E-state index contributed by atoms with van der Waals surface area (Å²) in [6.45, 7) is 15.8. The molecule has 0 amide bonds. The van der Waals surface area contributed by atoms with Crippen LogP contribution in [0.2, 0.25) is 0 Å². The molecule has 0 N–H and O–H groups in total. The number of hydrogen-bond acceptors (Lipinski definition) is 6. The number of nitrogens with zero attached hydrogens (tertiary/aromatic N) is 2. The summed E-state index contributed by atoms with van der Waals surface area (Å²) in [5.41, 5.74) is 4.32. The van der Waals surface area contributed by atoms with Crippen LogP contribution in [-0.4, -0.2) is 48.5 Å². The normalized spacial score (nSPS) is 14.0. The van der Waals surface area contributed by atoms with Gasteiger partial charge < -0.3 is 14.0 Å². The van der Waals surface area contributed by atoms with Gasteiger partial charge in [0.2, 0.25) is 13.2 Å². The van der Waals surface area contributed by atoms with Gasteiger partial charge in [-0.05, 0) is 74.9 Å². The lowest BCUT2D eigenvalue weighted by Gasteiger charge is -2.31. The van der Waals surface area contributed by atoms with E-state index < -0.39 is 13.2 Å². The van der Waals surface area contributed by atoms with E-state index in [0.717, 1.165) is 28.0 Å². The standard InChI is InChI=1S/C32H44FN2O4P/c1-9-39-40(8,36)21-24(6)26-11-10-12-28(16-26)38-20-25-13-14-29(30-17-32(37-7)34-18-31(30)33)27(15-25)19-35(22(2)3)23(4)5/h10-18,22-24H,9,19-21H2,1-8H3. The molecule has 8 heteroatoms. The van der Waals surface area contributed by atoms with Crippen molar-refractivity contribution in [2.24, 2.45) is 0 Å². The minimum atomic E-state index is -2.65. The van der Waals surface area contributed by atoms with Gasteiger partial charge in [-0.15, -0.1) is 0 Å². The van der Waals surface area contributed by atoms with E-state index in [2.05, 4.69) is 50.6 Å². The number of pyridine rings is 1. The molecule has 6 nitrogen and oxygen atoms in total. The van der Waals surface area contributed by atoms with E-state index in [1.54, 1.807) is 12.7 Å². The SMILES string of the molecule is CCOP(C)(=O)CC(C)c1cccc(OCc2ccc(-c3cc(OC)ncc3F)c(CN(C(C)C)C(C)C)c2)c1. The van der Waals surface area contributed by atoms with Gasteiger partial charge in [0.1, 0.15) is 18.2 Å². The summed E-state index contributed by atoms with van der Waals surface area (Å²) in [7, 11) is -1.12. The Hall–Kier alpha value is -2.73. The lowest BCUT2D eigenvalue weighted by Crippen LogP contribution is -2.36. The van der Waals surface area contributed by atoms with Gasteiger partial charge in [-0.1, -0.05) is 37.3 Å². The van der Waals surface area contributed by atoms with E-state index >= 15 is 0 Å². The lowest BCUT2D eigenvalue weighted by atomic mass is 9.96. The van der Waals surface area contributed by atoms with Crippen molar-refractivity contribution in [1.82, 2.24) is 9.88 Å². The van der Waals surface area contributed by atoms with Gasteiger partial charge in [-0.2, -0.15) is 0 Å². The molecular weight excluding hydrogens is 526 g/mol. The minimum Gasteiger partial charge on any atom is -0.489 e. The molecule has 0 aliphatic heterocycles. The second-order valence-electron chi connectivity index (χ2n) is 10.9. The van der Waals surface area contributed by atoms with Crippen LogP contribution in [0.15, 0.2) is 54.7 Å².